The molecule has 2 unspecified atom stereocenters. The fourth-order valence-corrected chi connectivity index (χ4v) is 1.72. The van der Waals surface area contributed by atoms with E-state index < -0.39 is 29.7 Å². The van der Waals surface area contributed by atoms with Crippen molar-refractivity contribution in [3.05, 3.63) is 0 Å². The van der Waals surface area contributed by atoms with Crippen molar-refractivity contribution in [1.29, 1.82) is 0 Å². The quantitative estimate of drug-likeness (QED) is 0.556. The van der Waals surface area contributed by atoms with Gasteiger partial charge in [0.1, 0.15) is 5.54 Å². The first-order valence-corrected chi connectivity index (χ1v) is 5.36. The minimum atomic E-state index is -2.63. The van der Waals surface area contributed by atoms with E-state index in [0.717, 1.165) is 6.42 Å². The Labute approximate surface area is 97.8 Å². The predicted molar refractivity (Wildman–Crippen MR) is 55.8 cm³/mol. The van der Waals surface area contributed by atoms with Crippen LogP contribution >= 0.6 is 0 Å². The van der Waals surface area contributed by atoms with Crippen LogP contribution in [0.2, 0.25) is 0 Å². The van der Waals surface area contributed by atoms with Crippen LogP contribution in [0.5, 0.6) is 0 Å². The topological polar surface area (TPSA) is 86.7 Å². The van der Waals surface area contributed by atoms with Gasteiger partial charge in [-0.2, -0.15) is 0 Å². The molecule has 96 valence electrons. The molecule has 0 bridgehead atoms. The number of nitrogens with zero attached hydrogens (tertiary/aromatic N) is 1. The van der Waals surface area contributed by atoms with Gasteiger partial charge in [0, 0.05) is 0 Å². The van der Waals surface area contributed by atoms with Crippen molar-refractivity contribution >= 4 is 17.9 Å². The van der Waals surface area contributed by atoms with Crippen LogP contribution in [-0.4, -0.2) is 39.7 Å². The highest BCUT2D eigenvalue weighted by Gasteiger charge is 2.51. The molecule has 0 saturated carbocycles. The zero-order valence-corrected chi connectivity index (χ0v) is 9.70. The first kappa shape index (κ1) is 13.4. The molecule has 0 aromatic carbocycles. The van der Waals surface area contributed by atoms with E-state index in [4.69, 9.17) is 5.11 Å². The Kier molecular flexibility index (Phi) is 3.69. The van der Waals surface area contributed by atoms with Crippen LogP contribution in [0.1, 0.15) is 33.1 Å². The highest BCUT2D eigenvalue weighted by atomic mass is 19.1. The summed E-state index contributed by atoms with van der Waals surface area (Å²) in [5.41, 5.74) is -1.20. The molecule has 0 aliphatic carbocycles. The zero-order chi connectivity index (χ0) is 13.2. The molecule has 1 saturated heterocycles. The van der Waals surface area contributed by atoms with Gasteiger partial charge in [-0.3, -0.25) is 4.79 Å². The zero-order valence-electron chi connectivity index (χ0n) is 9.70. The Hall–Kier alpha value is -1.66. The Bertz CT molecular complexity index is 360. The maximum Gasteiger partial charge on any atom is 0.360 e. The van der Waals surface area contributed by atoms with Crippen molar-refractivity contribution in [3.8, 4) is 0 Å². The van der Waals surface area contributed by atoms with E-state index in [-0.39, 0.29) is 4.90 Å². The second-order valence-electron chi connectivity index (χ2n) is 4.22. The number of unbranched alkanes of at least 4 members (excludes halogenated alkanes) is 1. The maximum absolute atomic E-state index is 13.2. The largest absolute Gasteiger partial charge is 0.478 e. The van der Waals surface area contributed by atoms with Gasteiger partial charge in [-0.1, -0.05) is 19.8 Å². The van der Waals surface area contributed by atoms with Crippen LogP contribution in [-0.2, 0) is 9.59 Å². The molecule has 2 atom stereocenters. The van der Waals surface area contributed by atoms with Gasteiger partial charge in [-0.25, -0.2) is 18.9 Å². The van der Waals surface area contributed by atoms with Crippen molar-refractivity contribution in [2.24, 2.45) is 0 Å². The van der Waals surface area contributed by atoms with Gasteiger partial charge in [-0.05, 0) is 13.3 Å². The molecular weight excluding hydrogens is 231 g/mol. The summed E-state index contributed by atoms with van der Waals surface area (Å²) in [6, 6.07) is -0.997. The van der Waals surface area contributed by atoms with E-state index in [9.17, 15) is 18.8 Å². The number of carboxylic acid groups (broad SMARTS) is 1. The van der Waals surface area contributed by atoms with Gasteiger partial charge < -0.3 is 10.4 Å². The number of hydrogen-bond donors (Lipinski definition) is 2. The minimum Gasteiger partial charge on any atom is -0.478 e. The first-order chi connectivity index (χ1) is 7.83. The lowest BCUT2D eigenvalue weighted by Crippen LogP contribution is -2.46. The van der Waals surface area contributed by atoms with Crippen molar-refractivity contribution in [1.82, 2.24) is 10.2 Å². The summed E-state index contributed by atoms with van der Waals surface area (Å²) >= 11 is 0. The normalized spacial score (nSPS) is 25.9. The molecule has 0 aromatic heterocycles. The van der Waals surface area contributed by atoms with Gasteiger partial charge in [0.2, 0.25) is 0 Å². The molecule has 17 heavy (non-hydrogen) atoms. The predicted octanol–water partition coefficient (Wildman–Crippen LogP) is 0.867. The van der Waals surface area contributed by atoms with Crippen LogP contribution in [0.15, 0.2) is 0 Å². The lowest BCUT2D eigenvalue weighted by Gasteiger charge is -2.21. The van der Waals surface area contributed by atoms with Crippen LogP contribution in [0.25, 0.3) is 0 Å². The lowest BCUT2D eigenvalue weighted by atomic mass is 9.95. The summed E-state index contributed by atoms with van der Waals surface area (Å²) in [6.45, 7) is 3.38. The molecule has 7 heteroatoms. The van der Waals surface area contributed by atoms with Gasteiger partial charge in [0.15, 0.2) is 0 Å². The number of imide groups is 1. The number of hydrogen-bond acceptors (Lipinski definition) is 3. The average molecular weight is 246 g/mol. The SMILES string of the molecule is CCCCC1(C)NC(=O)N(C(F)C(=O)O)C1=O. The fraction of sp³-hybridized carbons (Fsp3) is 0.700. The van der Waals surface area contributed by atoms with Gasteiger partial charge in [0.25, 0.3) is 12.2 Å². The van der Waals surface area contributed by atoms with Crippen LogP contribution in [0, 0.1) is 0 Å². The van der Waals surface area contributed by atoms with Crippen LogP contribution in [0.4, 0.5) is 9.18 Å². The van der Waals surface area contributed by atoms with Crippen molar-refractivity contribution in [2.45, 2.75) is 44.9 Å². The summed E-state index contributed by atoms with van der Waals surface area (Å²) in [6.07, 6.45) is -0.778. The molecule has 1 heterocycles. The number of carbonyl (C=O) groups excluding carboxylic acids is 2. The number of amides is 3. The third-order valence-corrected chi connectivity index (χ3v) is 2.75. The van der Waals surface area contributed by atoms with E-state index in [1.807, 2.05) is 6.92 Å². The van der Waals surface area contributed by atoms with Gasteiger partial charge in [-0.15, -0.1) is 0 Å². The highest BCUT2D eigenvalue weighted by Crippen LogP contribution is 2.25. The molecule has 2 N–H and O–H groups in total. The Morgan fingerprint density at radius 2 is 2.18 bits per heavy atom. The molecule has 1 aliphatic heterocycles. The molecule has 3 amide bonds. The number of rotatable bonds is 5. The summed E-state index contributed by atoms with van der Waals surface area (Å²) < 4.78 is 13.2. The number of urea groups is 1. The second kappa shape index (κ2) is 4.68. The number of nitrogens with one attached hydrogen (secondary N) is 1. The van der Waals surface area contributed by atoms with Crippen LogP contribution in [0.3, 0.4) is 0 Å². The van der Waals surface area contributed by atoms with E-state index in [0.29, 0.717) is 12.8 Å². The third-order valence-electron chi connectivity index (χ3n) is 2.75. The highest BCUT2D eigenvalue weighted by molar-refractivity contribution is 6.08. The second-order valence-corrected chi connectivity index (χ2v) is 4.22. The summed E-state index contributed by atoms with van der Waals surface area (Å²) in [7, 11) is 0. The molecule has 1 fully saturated rings. The summed E-state index contributed by atoms with van der Waals surface area (Å²) in [5, 5.41) is 10.8. The molecule has 0 aromatic rings. The fourth-order valence-electron chi connectivity index (χ4n) is 1.72. The number of alkyl halides is 1. The monoisotopic (exact) mass is 246 g/mol. The third kappa shape index (κ3) is 2.37. The molecular formula is C10H15FN2O4. The Balaban J connectivity index is 2.88. The van der Waals surface area contributed by atoms with E-state index in [1.165, 1.54) is 6.92 Å². The molecule has 6 nitrogen and oxygen atoms in total. The lowest BCUT2D eigenvalue weighted by molar-refractivity contribution is -0.154. The van der Waals surface area contributed by atoms with Crippen molar-refractivity contribution in [2.75, 3.05) is 0 Å². The van der Waals surface area contributed by atoms with E-state index in [1.54, 1.807) is 0 Å². The van der Waals surface area contributed by atoms with E-state index in [2.05, 4.69) is 5.32 Å². The number of carbonyl (C=O) groups is 3. The van der Waals surface area contributed by atoms with Crippen molar-refractivity contribution < 1.29 is 23.9 Å². The molecule has 0 spiro atoms. The van der Waals surface area contributed by atoms with E-state index >= 15 is 0 Å². The maximum atomic E-state index is 13.2. The average Bonchev–Trinajstić information content (AvgIpc) is 2.47. The first-order valence-electron chi connectivity index (χ1n) is 5.36. The molecule has 1 aliphatic rings. The minimum absolute atomic E-state index is 0.123. The van der Waals surface area contributed by atoms with Crippen LogP contribution < -0.4 is 5.32 Å². The number of carboxylic acids is 1. The molecule has 1 rings (SSSR count). The standard InChI is InChI=1S/C10H15FN2O4/c1-3-4-5-10(2)8(16)13(9(17)12-10)6(11)7(14)15/h6H,3-5H2,1-2H3,(H,12,17)(H,14,15). The Morgan fingerprint density at radius 3 is 2.65 bits per heavy atom. The van der Waals surface area contributed by atoms with Gasteiger partial charge in [0.05, 0.1) is 0 Å². The Morgan fingerprint density at radius 1 is 1.59 bits per heavy atom. The summed E-state index contributed by atoms with van der Waals surface area (Å²) in [4.78, 5) is 33.8. The number of halogens is 1. The number of aliphatic carboxylic acids is 1. The molecule has 0 radical (unpaired) electrons. The van der Waals surface area contributed by atoms with Crippen molar-refractivity contribution in [3.63, 3.8) is 0 Å². The van der Waals surface area contributed by atoms with Gasteiger partial charge >= 0.3 is 12.0 Å². The smallest absolute Gasteiger partial charge is 0.360 e. The summed E-state index contributed by atoms with van der Waals surface area (Å²) in [5.74, 6) is -2.68.